The molecule has 1 amide bonds. The third kappa shape index (κ3) is 3.80. The van der Waals surface area contributed by atoms with Crippen LogP contribution in [0.2, 0.25) is 0 Å². The van der Waals surface area contributed by atoms with Gasteiger partial charge in [0, 0.05) is 6.54 Å². The van der Waals surface area contributed by atoms with E-state index in [0.29, 0.717) is 18.5 Å². The lowest BCUT2D eigenvalue weighted by atomic mass is 10.1. The maximum absolute atomic E-state index is 13.7. The molecule has 0 atom stereocenters. The van der Waals surface area contributed by atoms with E-state index >= 15 is 0 Å². The van der Waals surface area contributed by atoms with Gasteiger partial charge in [0.25, 0.3) is 5.91 Å². The molecular weight excluding hydrogens is 325 g/mol. The zero-order valence-corrected chi connectivity index (χ0v) is 13.2. The van der Waals surface area contributed by atoms with Gasteiger partial charge in [0.2, 0.25) is 0 Å². The number of furan rings is 1. The van der Waals surface area contributed by atoms with Crippen LogP contribution in [0.4, 0.5) is 4.39 Å². The Labute approximate surface area is 143 Å². The zero-order valence-electron chi connectivity index (χ0n) is 13.2. The summed E-state index contributed by atoms with van der Waals surface area (Å²) in [6, 6.07) is 13.7. The Bertz CT molecular complexity index is 904. The molecule has 0 saturated carbocycles. The fraction of sp³-hybridized carbons (Fsp3) is 0.105. The van der Waals surface area contributed by atoms with Gasteiger partial charge in [-0.25, -0.2) is 4.39 Å². The molecule has 1 heterocycles. The minimum atomic E-state index is -0.420. The van der Waals surface area contributed by atoms with E-state index in [1.165, 1.54) is 24.3 Å². The number of phenols is 2. The minimum Gasteiger partial charge on any atom is -0.504 e. The van der Waals surface area contributed by atoms with Gasteiger partial charge in [-0.3, -0.25) is 4.79 Å². The van der Waals surface area contributed by atoms with Crippen LogP contribution in [0.1, 0.15) is 16.1 Å². The van der Waals surface area contributed by atoms with Crippen LogP contribution < -0.4 is 5.32 Å². The van der Waals surface area contributed by atoms with E-state index in [-0.39, 0.29) is 23.0 Å². The molecule has 25 heavy (non-hydrogen) atoms. The number of hydrogen-bond acceptors (Lipinski definition) is 4. The number of halogens is 1. The lowest BCUT2D eigenvalue weighted by Gasteiger charge is -2.05. The molecule has 5 nitrogen and oxygen atoms in total. The number of nitrogens with one attached hydrogen (secondary N) is 1. The highest BCUT2D eigenvalue weighted by molar-refractivity contribution is 5.92. The van der Waals surface area contributed by atoms with E-state index in [1.807, 2.05) is 0 Å². The highest BCUT2D eigenvalue weighted by Gasteiger charge is 2.14. The quantitative estimate of drug-likeness (QED) is 0.621. The molecule has 1 aromatic heterocycles. The Kier molecular flexibility index (Phi) is 4.70. The summed E-state index contributed by atoms with van der Waals surface area (Å²) in [5, 5.41) is 21.4. The standard InChI is InChI=1S/C19H16FNO4/c20-14-4-2-1-3-13(14)17-7-8-18(25-17)19(24)21-10-9-12-5-6-15(22)16(23)11-12/h1-8,11,22-23H,9-10H2,(H,21,24). The SMILES string of the molecule is O=C(NCCc1ccc(O)c(O)c1)c1ccc(-c2ccccc2F)o1. The third-order valence-corrected chi connectivity index (χ3v) is 3.71. The van der Waals surface area contributed by atoms with E-state index < -0.39 is 11.7 Å². The van der Waals surface area contributed by atoms with Crippen molar-refractivity contribution in [3.63, 3.8) is 0 Å². The first-order chi connectivity index (χ1) is 12.0. The Morgan fingerprint density at radius 2 is 1.84 bits per heavy atom. The molecule has 0 aliphatic carbocycles. The first kappa shape index (κ1) is 16.6. The summed E-state index contributed by atoms with van der Waals surface area (Å²) >= 11 is 0. The summed E-state index contributed by atoms with van der Waals surface area (Å²) in [7, 11) is 0. The number of amides is 1. The van der Waals surface area contributed by atoms with Gasteiger partial charge in [0.05, 0.1) is 5.56 Å². The van der Waals surface area contributed by atoms with Gasteiger partial charge in [0.15, 0.2) is 17.3 Å². The lowest BCUT2D eigenvalue weighted by Crippen LogP contribution is -2.25. The van der Waals surface area contributed by atoms with Crippen molar-refractivity contribution in [3.05, 3.63) is 71.7 Å². The monoisotopic (exact) mass is 341 g/mol. The number of aromatic hydroxyl groups is 2. The van der Waals surface area contributed by atoms with Crippen molar-refractivity contribution in [1.29, 1.82) is 0 Å². The first-order valence-electron chi connectivity index (χ1n) is 7.68. The van der Waals surface area contributed by atoms with Crippen LogP contribution >= 0.6 is 0 Å². The second-order valence-corrected chi connectivity index (χ2v) is 5.47. The van der Waals surface area contributed by atoms with Crippen molar-refractivity contribution in [2.24, 2.45) is 0 Å². The summed E-state index contributed by atoms with van der Waals surface area (Å²) in [5.74, 6) is -0.853. The molecular formula is C19H16FNO4. The molecule has 2 aromatic carbocycles. The molecule has 0 aliphatic rings. The lowest BCUT2D eigenvalue weighted by molar-refractivity contribution is 0.0927. The number of carbonyl (C=O) groups is 1. The van der Waals surface area contributed by atoms with Gasteiger partial charge in [-0.05, 0) is 48.4 Å². The van der Waals surface area contributed by atoms with Gasteiger partial charge in [-0.2, -0.15) is 0 Å². The molecule has 0 spiro atoms. The highest BCUT2D eigenvalue weighted by atomic mass is 19.1. The molecule has 0 saturated heterocycles. The number of carbonyl (C=O) groups excluding carboxylic acids is 1. The number of hydrogen-bond donors (Lipinski definition) is 3. The molecule has 0 unspecified atom stereocenters. The second-order valence-electron chi connectivity index (χ2n) is 5.47. The average Bonchev–Trinajstić information content (AvgIpc) is 3.08. The molecule has 3 rings (SSSR count). The predicted octanol–water partition coefficient (Wildman–Crippen LogP) is 3.47. The topological polar surface area (TPSA) is 82.7 Å². The van der Waals surface area contributed by atoms with E-state index in [9.17, 15) is 19.4 Å². The van der Waals surface area contributed by atoms with Gasteiger partial charge in [-0.1, -0.05) is 18.2 Å². The summed E-state index contributed by atoms with van der Waals surface area (Å²) in [6.07, 6.45) is 0.473. The van der Waals surface area contributed by atoms with Gasteiger partial charge in [-0.15, -0.1) is 0 Å². The van der Waals surface area contributed by atoms with Crippen molar-refractivity contribution in [2.75, 3.05) is 6.54 Å². The third-order valence-electron chi connectivity index (χ3n) is 3.71. The highest BCUT2D eigenvalue weighted by Crippen LogP contribution is 2.26. The summed E-state index contributed by atoms with van der Waals surface area (Å²) in [5.41, 5.74) is 1.06. The summed E-state index contributed by atoms with van der Waals surface area (Å²) in [6.45, 7) is 0.318. The van der Waals surface area contributed by atoms with Crippen molar-refractivity contribution in [2.45, 2.75) is 6.42 Å². The molecule has 0 fully saturated rings. The van der Waals surface area contributed by atoms with Crippen LogP contribution in [-0.2, 0) is 6.42 Å². The summed E-state index contributed by atoms with van der Waals surface area (Å²) < 4.78 is 19.2. The Morgan fingerprint density at radius 3 is 2.60 bits per heavy atom. The molecule has 0 radical (unpaired) electrons. The number of benzene rings is 2. The van der Waals surface area contributed by atoms with Crippen molar-refractivity contribution in [1.82, 2.24) is 5.32 Å². The zero-order chi connectivity index (χ0) is 17.8. The smallest absolute Gasteiger partial charge is 0.287 e. The molecule has 3 N–H and O–H groups in total. The fourth-order valence-electron chi connectivity index (χ4n) is 2.40. The molecule has 0 aliphatic heterocycles. The van der Waals surface area contributed by atoms with Gasteiger partial charge >= 0.3 is 0 Å². The molecule has 0 bridgehead atoms. The van der Waals surface area contributed by atoms with Gasteiger partial charge < -0.3 is 19.9 Å². The van der Waals surface area contributed by atoms with E-state index in [1.54, 1.807) is 30.3 Å². The number of phenolic OH excluding ortho intramolecular Hbond substituents is 2. The van der Waals surface area contributed by atoms with Crippen molar-refractivity contribution >= 4 is 5.91 Å². The maximum Gasteiger partial charge on any atom is 0.287 e. The van der Waals surface area contributed by atoms with Crippen LogP contribution in [0.5, 0.6) is 11.5 Å². The van der Waals surface area contributed by atoms with Crippen LogP contribution in [0.3, 0.4) is 0 Å². The fourth-order valence-corrected chi connectivity index (χ4v) is 2.40. The van der Waals surface area contributed by atoms with Gasteiger partial charge in [0.1, 0.15) is 11.6 Å². The van der Waals surface area contributed by atoms with Crippen molar-refractivity contribution in [3.8, 4) is 22.8 Å². The maximum atomic E-state index is 13.7. The van der Waals surface area contributed by atoms with Crippen LogP contribution in [-0.4, -0.2) is 22.7 Å². The Hall–Kier alpha value is -3.28. The van der Waals surface area contributed by atoms with E-state index in [0.717, 1.165) is 5.56 Å². The van der Waals surface area contributed by atoms with E-state index in [2.05, 4.69) is 5.32 Å². The normalized spacial score (nSPS) is 10.6. The minimum absolute atomic E-state index is 0.0896. The second kappa shape index (κ2) is 7.09. The molecule has 128 valence electrons. The predicted molar refractivity (Wildman–Crippen MR) is 89.9 cm³/mol. The number of rotatable bonds is 5. The average molecular weight is 341 g/mol. The largest absolute Gasteiger partial charge is 0.504 e. The molecule has 3 aromatic rings. The van der Waals surface area contributed by atoms with Crippen molar-refractivity contribution < 1.29 is 23.8 Å². The Balaban J connectivity index is 1.60. The molecule has 6 heteroatoms. The van der Waals surface area contributed by atoms with E-state index in [4.69, 9.17) is 4.42 Å². The summed E-state index contributed by atoms with van der Waals surface area (Å²) in [4.78, 5) is 12.1. The van der Waals surface area contributed by atoms with Crippen LogP contribution in [0.25, 0.3) is 11.3 Å². The Morgan fingerprint density at radius 1 is 1.04 bits per heavy atom. The first-order valence-corrected chi connectivity index (χ1v) is 7.68. The van der Waals surface area contributed by atoms with Crippen LogP contribution in [0, 0.1) is 5.82 Å². The van der Waals surface area contributed by atoms with Crippen LogP contribution in [0.15, 0.2) is 59.0 Å².